The highest BCUT2D eigenvalue weighted by Crippen LogP contribution is 2.36. The average molecular weight is 289 g/mol. The lowest BCUT2D eigenvalue weighted by Gasteiger charge is -2.28. The monoisotopic (exact) mass is 288 g/mol. The zero-order chi connectivity index (χ0) is 14.9. The number of ether oxygens (including phenoxy) is 2. The van der Waals surface area contributed by atoms with Gasteiger partial charge in [-0.2, -0.15) is 0 Å². The van der Waals surface area contributed by atoms with E-state index in [9.17, 15) is 9.59 Å². The second-order valence-electron chi connectivity index (χ2n) is 4.04. The Morgan fingerprint density at radius 2 is 1.68 bits per heavy atom. The summed E-state index contributed by atoms with van der Waals surface area (Å²) in [4.78, 5) is 24.3. The van der Waals surface area contributed by atoms with Crippen molar-refractivity contribution < 1.29 is 19.1 Å². The molecule has 0 aliphatic carbocycles. The molecule has 0 amide bonds. The highest BCUT2D eigenvalue weighted by Gasteiger charge is 2.48. The maximum absolute atomic E-state index is 12.2. The highest BCUT2D eigenvalue weighted by atomic mass is 35.5. The molecule has 19 heavy (non-hydrogen) atoms. The van der Waals surface area contributed by atoms with Crippen LogP contribution in [0.15, 0.2) is 24.3 Å². The summed E-state index contributed by atoms with van der Waals surface area (Å²) in [7, 11) is 0. The third-order valence-corrected chi connectivity index (χ3v) is 2.73. The molecule has 0 aliphatic heterocycles. The molecule has 0 saturated carbocycles. The van der Waals surface area contributed by atoms with Gasteiger partial charge < -0.3 is 9.47 Å². The number of halogens is 1. The number of allylic oxidation sites excluding steroid dienone is 2. The Morgan fingerprint density at radius 1 is 1.21 bits per heavy atom. The molecule has 0 aromatic heterocycles. The Labute approximate surface area is 119 Å². The summed E-state index contributed by atoms with van der Waals surface area (Å²) in [6.07, 6.45) is 2.34. The van der Waals surface area contributed by atoms with Gasteiger partial charge in [-0.1, -0.05) is 24.3 Å². The summed E-state index contributed by atoms with van der Waals surface area (Å²) in [5.41, 5.74) is -1.43. The number of hydrogen-bond donors (Lipinski definition) is 0. The van der Waals surface area contributed by atoms with Gasteiger partial charge in [0, 0.05) is 11.5 Å². The molecule has 108 valence electrons. The van der Waals surface area contributed by atoms with Crippen molar-refractivity contribution >= 4 is 23.5 Å². The number of carbonyl (C=O) groups excluding carboxylic acids is 2. The van der Waals surface area contributed by atoms with E-state index in [2.05, 4.69) is 13.2 Å². The number of carbonyl (C=O) groups is 2. The van der Waals surface area contributed by atoms with Crippen LogP contribution in [-0.2, 0) is 19.1 Å². The predicted molar refractivity (Wildman–Crippen MR) is 74.7 cm³/mol. The summed E-state index contributed by atoms with van der Waals surface area (Å²) in [6.45, 7) is 10.9. The second kappa shape index (κ2) is 8.75. The summed E-state index contributed by atoms with van der Waals surface area (Å²) in [5, 5.41) is 0.213. The van der Waals surface area contributed by atoms with Gasteiger partial charge in [0.15, 0.2) is 5.41 Å². The van der Waals surface area contributed by atoms with E-state index >= 15 is 0 Å². The van der Waals surface area contributed by atoms with Crippen LogP contribution in [0.4, 0.5) is 0 Å². The van der Waals surface area contributed by atoms with E-state index in [1.165, 1.54) is 0 Å². The Kier molecular flexibility index (Phi) is 8.16. The van der Waals surface area contributed by atoms with Crippen LogP contribution >= 0.6 is 11.6 Å². The van der Waals surface area contributed by atoms with Crippen molar-refractivity contribution in [1.82, 2.24) is 0 Å². The largest absolute Gasteiger partial charge is 0.465 e. The van der Waals surface area contributed by atoms with E-state index in [1.54, 1.807) is 19.9 Å². The van der Waals surface area contributed by atoms with Gasteiger partial charge in [0.2, 0.25) is 0 Å². The van der Waals surface area contributed by atoms with Gasteiger partial charge in [-0.05, 0) is 26.7 Å². The first kappa shape index (κ1) is 17.7. The van der Waals surface area contributed by atoms with Crippen molar-refractivity contribution in [1.29, 1.82) is 0 Å². The molecule has 0 saturated heterocycles. The molecule has 4 nitrogen and oxygen atoms in total. The van der Waals surface area contributed by atoms with Crippen LogP contribution < -0.4 is 0 Å². The number of hydrogen-bond acceptors (Lipinski definition) is 4. The van der Waals surface area contributed by atoms with Crippen molar-refractivity contribution in [2.75, 3.05) is 13.2 Å². The molecule has 0 heterocycles. The van der Waals surface area contributed by atoms with Crippen molar-refractivity contribution in [3.63, 3.8) is 0 Å². The van der Waals surface area contributed by atoms with E-state index < -0.39 is 17.4 Å². The van der Waals surface area contributed by atoms with Crippen LogP contribution in [0.2, 0.25) is 0 Å². The summed E-state index contributed by atoms with van der Waals surface area (Å²) < 4.78 is 10.00. The fourth-order valence-corrected chi connectivity index (χ4v) is 1.96. The molecular weight excluding hydrogens is 268 g/mol. The normalized spacial score (nSPS) is 10.7. The van der Waals surface area contributed by atoms with Gasteiger partial charge in [-0.3, -0.25) is 9.59 Å². The molecule has 0 unspecified atom stereocenters. The topological polar surface area (TPSA) is 52.6 Å². The maximum Gasteiger partial charge on any atom is 0.323 e. The van der Waals surface area contributed by atoms with Crippen LogP contribution in [0, 0.1) is 5.41 Å². The Bertz CT molecular complexity index is 331. The highest BCUT2D eigenvalue weighted by molar-refractivity contribution is 6.29. The molecular formula is C14H21ClO4. The van der Waals surface area contributed by atoms with Crippen LogP contribution in [-0.4, -0.2) is 25.2 Å². The standard InChI is InChI=1S/C14H21ClO4/c1-5-8-9-14(10-11(4)15,12(16)18-6-2)13(17)19-7-3/h5H,1,4,6-10H2,2-3H3. The fraction of sp³-hybridized carbons (Fsp3) is 0.571. The van der Waals surface area contributed by atoms with Crippen LogP contribution in [0.5, 0.6) is 0 Å². The first-order chi connectivity index (χ1) is 8.94. The third-order valence-electron chi connectivity index (χ3n) is 2.60. The second-order valence-corrected chi connectivity index (χ2v) is 4.58. The number of esters is 2. The van der Waals surface area contributed by atoms with E-state index in [-0.39, 0.29) is 31.1 Å². The molecule has 0 bridgehead atoms. The van der Waals surface area contributed by atoms with Gasteiger partial charge >= 0.3 is 11.9 Å². The Hall–Kier alpha value is -1.29. The lowest BCUT2D eigenvalue weighted by Crippen LogP contribution is -2.42. The molecule has 0 aromatic carbocycles. The van der Waals surface area contributed by atoms with Crippen LogP contribution in [0.1, 0.15) is 33.1 Å². The zero-order valence-corrected chi connectivity index (χ0v) is 12.3. The quantitative estimate of drug-likeness (QED) is 0.371. The molecule has 0 radical (unpaired) electrons. The van der Waals surface area contributed by atoms with Crippen molar-refractivity contribution in [2.45, 2.75) is 33.1 Å². The van der Waals surface area contributed by atoms with Gasteiger partial charge in [0.25, 0.3) is 0 Å². The predicted octanol–water partition coefficient (Wildman–Crippen LogP) is 3.21. The molecule has 0 fully saturated rings. The minimum Gasteiger partial charge on any atom is -0.465 e. The molecule has 0 atom stereocenters. The van der Waals surface area contributed by atoms with Gasteiger partial charge in [-0.15, -0.1) is 6.58 Å². The minimum absolute atomic E-state index is 0.0000617. The SMILES string of the molecule is C=CCCC(CC(=C)Cl)(C(=O)OCC)C(=O)OCC. The van der Waals surface area contributed by atoms with E-state index in [4.69, 9.17) is 21.1 Å². The molecule has 0 spiro atoms. The third kappa shape index (κ3) is 5.07. The molecule has 0 rings (SSSR count). The van der Waals surface area contributed by atoms with E-state index in [0.29, 0.717) is 6.42 Å². The van der Waals surface area contributed by atoms with Crippen LogP contribution in [0.25, 0.3) is 0 Å². The average Bonchev–Trinajstić information content (AvgIpc) is 2.34. The first-order valence-corrected chi connectivity index (χ1v) is 6.61. The van der Waals surface area contributed by atoms with E-state index in [1.807, 2.05) is 0 Å². The molecule has 0 N–H and O–H groups in total. The summed E-state index contributed by atoms with van der Waals surface area (Å²) >= 11 is 5.79. The zero-order valence-electron chi connectivity index (χ0n) is 11.5. The molecule has 5 heteroatoms. The lowest BCUT2D eigenvalue weighted by atomic mass is 9.79. The van der Waals surface area contributed by atoms with Gasteiger partial charge in [-0.25, -0.2) is 0 Å². The van der Waals surface area contributed by atoms with E-state index in [0.717, 1.165) is 0 Å². The van der Waals surface area contributed by atoms with Crippen molar-refractivity contribution in [3.05, 3.63) is 24.3 Å². The van der Waals surface area contributed by atoms with Crippen LogP contribution in [0.3, 0.4) is 0 Å². The smallest absolute Gasteiger partial charge is 0.323 e. The summed E-state index contributed by atoms with van der Waals surface area (Å²) in [6, 6.07) is 0. The van der Waals surface area contributed by atoms with Crippen molar-refractivity contribution in [3.8, 4) is 0 Å². The molecule has 0 aromatic rings. The molecule has 0 aliphatic rings. The summed E-state index contributed by atoms with van der Waals surface area (Å²) in [5.74, 6) is -1.26. The van der Waals surface area contributed by atoms with Crippen molar-refractivity contribution in [2.24, 2.45) is 5.41 Å². The fourth-order valence-electron chi connectivity index (χ4n) is 1.73. The van der Waals surface area contributed by atoms with Gasteiger partial charge in [0.05, 0.1) is 13.2 Å². The maximum atomic E-state index is 12.2. The minimum atomic E-state index is -1.43. The first-order valence-electron chi connectivity index (χ1n) is 6.23. The number of rotatable bonds is 9. The van der Waals surface area contributed by atoms with Gasteiger partial charge in [0.1, 0.15) is 0 Å². The Balaban J connectivity index is 5.40. The lowest BCUT2D eigenvalue weighted by molar-refractivity contribution is -0.172. The Morgan fingerprint density at radius 3 is 2.00 bits per heavy atom.